The standard InChI is InChI=1S/C32H40F2N4O4/c1-20(2)28-27(40-3)15-24(29(41-4)30(28)42-5)17-37-31(39)22-9-7-21(8-10-22)18-38(32-35-13-6-14-36-32)19-23-11-12-25(33)16-26(23)34/h6,11-16,20-22H,7-10,17-19H2,1-5H3,(H,37,39). The summed E-state index contributed by atoms with van der Waals surface area (Å²) in [6.07, 6.45) is 6.44. The molecule has 1 fully saturated rings. The maximum absolute atomic E-state index is 14.5. The first-order valence-corrected chi connectivity index (χ1v) is 14.3. The number of nitrogens with zero attached hydrogens (tertiary/aromatic N) is 3. The number of carbonyl (C=O) groups excluding carboxylic acids is 1. The van der Waals surface area contributed by atoms with Gasteiger partial charge in [-0.2, -0.15) is 0 Å². The fourth-order valence-electron chi connectivity index (χ4n) is 5.73. The van der Waals surface area contributed by atoms with Gasteiger partial charge in [0.05, 0.1) is 21.3 Å². The SMILES string of the molecule is COc1cc(CNC(=O)C2CCC(CN(Cc3ccc(F)cc3F)c3ncccn3)CC2)c(OC)c(OC)c1C(C)C. The highest BCUT2D eigenvalue weighted by Crippen LogP contribution is 2.44. The molecular formula is C32H40F2N4O4. The van der Waals surface area contributed by atoms with Gasteiger partial charge in [0.1, 0.15) is 17.4 Å². The Hall–Kier alpha value is -3.95. The van der Waals surface area contributed by atoms with E-state index in [1.807, 2.05) is 11.0 Å². The number of halogens is 2. The summed E-state index contributed by atoms with van der Waals surface area (Å²) in [6.45, 7) is 5.24. The van der Waals surface area contributed by atoms with Gasteiger partial charge in [-0.1, -0.05) is 19.9 Å². The number of hydrogen-bond donors (Lipinski definition) is 1. The van der Waals surface area contributed by atoms with E-state index < -0.39 is 11.6 Å². The van der Waals surface area contributed by atoms with Crippen molar-refractivity contribution in [1.29, 1.82) is 0 Å². The summed E-state index contributed by atoms with van der Waals surface area (Å²) in [5.74, 6) is 1.50. The van der Waals surface area contributed by atoms with Gasteiger partial charge < -0.3 is 24.4 Å². The van der Waals surface area contributed by atoms with Crippen molar-refractivity contribution >= 4 is 11.9 Å². The Balaban J connectivity index is 1.38. The number of carbonyl (C=O) groups is 1. The predicted molar refractivity (Wildman–Crippen MR) is 157 cm³/mol. The minimum atomic E-state index is -0.611. The van der Waals surface area contributed by atoms with Crippen LogP contribution in [0.25, 0.3) is 0 Å². The number of ether oxygens (including phenoxy) is 3. The largest absolute Gasteiger partial charge is 0.496 e. The van der Waals surface area contributed by atoms with Crippen LogP contribution >= 0.6 is 0 Å². The van der Waals surface area contributed by atoms with Crippen molar-refractivity contribution in [3.8, 4) is 17.2 Å². The van der Waals surface area contributed by atoms with Gasteiger partial charge in [-0.15, -0.1) is 0 Å². The van der Waals surface area contributed by atoms with Crippen LogP contribution in [0.5, 0.6) is 17.2 Å². The second-order valence-electron chi connectivity index (χ2n) is 11.0. The summed E-state index contributed by atoms with van der Waals surface area (Å²) in [7, 11) is 4.82. The molecular weight excluding hydrogens is 542 g/mol. The molecule has 1 amide bonds. The van der Waals surface area contributed by atoms with Gasteiger partial charge in [0.15, 0.2) is 11.5 Å². The lowest BCUT2D eigenvalue weighted by Gasteiger charge is -2.32. The van der Waals surface area contributed by atoms with Crippen molar-refractivity contribution in [2.75, 3.05) is 32.8 Å². The van der Waals surface area contributed by atoms with E-state index in [4.69, 9.17) is 14.2 Å². The lowest BCUT2D eigenvalue weighted by Crippen LogP contribution is -2.36. The maximum Gasteiger partial charge on any atom is 0.225 e. The summed E-state index contributed by atoms with van der Waals surface area (Å²) in [5, 5.41) is 3.09. The van der Waals surface area contributed by atoms with E-state index in [0.717, 1.165) is 42.9 Å². The highest BCUT2D eigenvalue weighted by atomic mass is 19.1. The van der Waals surface area contributed by atoms with Gasteiger partial charge >= 0.3 is 0 Å². The molecule has 42 heavy (non-hydrogen) atoms. The molecule has 1 aliphatic rings. The minimum Gasteiger partial charge on any atom is -0.496 e. The van der Waals surface area contributed by atoms with Crippen LogP contribution in [0.3, 0.4) is 0 Å². The van der Waals surface area contributed by atoms with Crippen molar-refractivity contribution in [3.63, 3.8) is 0 Å². The third-order valence-corrected chi connectivity index (χ3v) is 7.88. The first kappa shape index (κ1) is 31.0. The molecule has 10 heteroatoms. The fourth-order valence-corrected chi connectivity index (χ4v) is 5.73. The Morgan fingerprint density at radius 1 is 0.976 bits per heavy atom. The van der Waals surface area contributed by atoms with E-state index in [0.29, 0.717) is 35.3 Å². The summed E-state index contributed by atoms with van der Waals surface area (Å²) in [4.78, 5) is 23.8. The zero-order valence-electron chi connectivity index (χ0n) is 25.0. The molecule has 0 aliphatic heterocycles. The molecule has 8 nitrogen and oxygen atoms in total. The van der Waals surface area contributed by atoms with E-state index in [1.165, 1.54) is 12.1 Å². The Morgan fingerprint density at radius 3 is 2.26 bits per heavy atom. The van der Waals surface area contributed by atoms with Gasteiger partial charge in [0.25, 0.3) is 0 Å². The molecule has 4 rings (SSSR count). The van der Waals surface area contributed by atoms with Crippen LogP contribution in [-0.2, 0) is 17.9 Å². The quantitative estimate of drug-likeness (QED) is 0.279. The number of methoxy groups -OCH3 is 3. The van der Waals surface area contributed by atoms with Crippen molar-refractivity contribution in [3.05, 3.63) is 71.1 Å². The van der Waals surface area contributed by atoms with E-state index >= 15 is 0 Å². The van der Waals surface area contributed by atoms with E-state index in [-0.39, 0.29) is 36.8 Å². The first-order chi connectivity index (χ1) is 20.2. The van der Waals surface area contributed by atoms with Crippen molar-refractivity contribution in [1.82, 2.24) is 15.3 Å². The van der Waals surface area contributed by atoms with Crippen LogP contribution in [0, 0.1) is 23.5 Å². The molecule has 1 aliphatic carbocycles. The normalized spacial score (nSPS) is 16.7. The van der Waals surface area contributed by atoms with Gasteiger partial charge in [0.2, 0.25) is 11.9 Å². The van der Waals surface area contributed by atoms with Crippen LogP contribution in [-0.4, -0.2) is 43.7 Å². The molecule has 1 N–H and O–H groups in total. The molecule has 226 valence electrons. The third kappa shape index (κ3) is 7.27. The Bertz CT molecular complexity index is 1350. The average Bonchev–Trinajstić information content (AvgIpc) is 3.00. The van der Waals surface area contributed by atoms with Crippen LogP contribution < -0.4 is 24.4 Å². The van der Waals surface area contributed by atoms with Crippen molar-refractivity contribution < 1.29 is 27.8 Å². The van der Waals surface area contributed by atoms with Crippen molar-refractivity contribution in [2.45, 2.75) is 58.5 Å². The van der Waals surface area contributed by atoms with Gasteiger partial charge in [-0.05, 0) is 55.7 Å². The van der Waals surface area contributed by atoms with Gasteiger partial charge in [0, 0.05) is 60.7 Å². The predicted octanol–water partition coefficient (Wildman–Crippen LogP) is 6.03. The zero-order chi connectivity index (χ0) is 30.2. The lowest BCUT2D eigenvalue weighted by atomic mass is 9.81. The molecule has 1 saturated carbocycles. The Morgan fingerprint density at radius 2 is 1.67 bits per heavy atom. The second kappa shape index (κ2) is 14.3. The monoisotopic (exact) mass is 582 g/mol. The molecule has 0 atom stereocenters. The molecule has 1 aromatic heterocycles. The van der Waals surface area contributed by atoms with Gasteiger partial charge in [-0.3, -0.25) is 4.79 Å². The van der Waals surface area contributed by atoms with Crippen LogP contribution in [0.2, 0.25) is 0 Å². The molecule has 0 spiro atoms. The maximum atomic E-state index is 14.5. The fraction of sp³-hybridized carbons (Fsp3) is 0.469. The number of rotatable bonds is 12. The van der Waals surface area contributed by atoms with Crippen LogP contribution in [0.1, 0.15) is 62.1 Å². The number of amides is 1. The molecule has 1 heterocycles. The molecule has 2 aromatic carbocycles. The molecule has 0 saturated heterocycles. The number of aromatic nitrogens is 2. The lowest BCUT2D eigenvalue weighted by molar-refractivity contribution is -0.126. The van der Waals surface area contributed by atoms with Crippen LogP contribution in [0.15, 0.2) is 42.7 Å². The number of anilines is 1. The number of benzene rings is 2. The van der Waals surface area contributed by atoms with E-state index in [2.05, 4.69) is 29.1 Å². The number of hydrogen-bond acceptors (Lipinski definition) is 7. The first-order valence-electron chi connectivity index (χ1n) is 14.3. The summed E-state index contributed by atoms with van der Waals surface area (Å²) < 4.78 is 44.9. The van der Waals surface area contributed by atoms with Crippen molar-refractivity contribution in [2.24, 2.45) is 11.8 Å². The molecule has 0 unspecified atom stereocenters. The second-order valence-corrected chi connectivity index (χ2v) is 11.0. The third-order valence-electron chi connectivity index (χ3n) is 7.88. The highest BCUT2D eigenvalue weighted by molar-refractivity contribution is 5.79. The average molecular weight is 583 g/mol. The summed E-state index contributed by atoms with van der Waals surface area (Å²) in [5.41, 5.74) is 2.08. The number of nitrogens with one attached hydrogen (secondary N) is 1. The highest BCUT2D eigenvalue weighted by Gasteiger charge is 2.29. The molecule has 3 aromatic rings. The van der Waals surface area contributed by atoms with Gasteiger partial charge in [-0.25, -0.2) is 18.7 Å². The zero-order valence-corrected chi connectivity index (χ0v) is 25.0. The Labute approximate surface area is 246 Å². The van der Waals surface area contributed by atoms with E-state index in [9.17, 15) is 13.6 Å². The minimum absolute atomic E-state index is 0.00185. The topological polar surface area (TPSA) is 85.8 Å². The van der Waals surface area contributed by atoms with Crippen LogP contribution in [0.4, 0.5) is 14.7 Å². The summed E-state index contributed by atoms with van der Waals surface area (Å²) >= 11 is 0. The molecule has 0 radical (unpaired) electrons. The Kier molecular flexibility index (Phi) is 10.5. The smallest absolute Gasteiger partial charge is 0.225 e. The van der Waals surface area contributed by atoms with E-state index in [1.54, 1.807) is 39.8 Å². The summed E-state index contributed by atoms with van der Waals surface area (Å²) in [6, 6.07) is 7.23. The molecule has 0 bridgehead atoms.